The van der Waals surface area contributed by atoms with Crippen molar-refractivity contribution in [3.05, 3.63) is 70.8 Å². The Kier molecular flexibility index (Phi) is 3.55. The van der Waals surface area contributed by atoms with E-state index in [1.165, 1.54) is 22.3 Å². The van der Waals surface area contributed by atoms with E-state index in [1.54, 1.807) is 0 Å². The molecule has 3 rings (SSSR count). The zero-order valence-electron chi connectivity index (χ0n) is 11.6. The molecule has 0 atom stereocenters. The number of hydrogen-bond acceptors (Lipinski definition) is 2. The average Bonchev–Trinajstić information content (AvgIpc) is 2.47. The predicted molar refractivity (Wildman–Crippen MR) is 78.8 cm³/mol. The number of carbonyl (C=O) groups excluding carboxylic acids is 1. The van der Waals surface area contributed by atoms with Crippen LogP contribution in [-0.2, 0) is 16.0 Å². The molecule has 0 fully saturated rings. The Morgan fingerprint density at radius 2 is 1.60 bits per heavy atom. The van der Waals surface area contributed by atoms with E-state index in [0.29, 0.717) is 13.0 Å². The molecule has 2 aromatic rings. The molecule has 0 heterocycles. The van der Waals surface area contributed by atoms with E-state index in [0.717, 1.165) is 6.42 Å². The van der Waals surface area contributed by atoms with E-state index in [9.17, 15) is 4.79 Å². The van der Waals surface area contributed by atoms with Crippen LogP contribution in [0.15, 0.2) is 48.5 Å². The van der Waals surface area contributed by atoms with E-state index in [1.807, 2.05) is 19.1 Å². The first kappa shape index (κ1) is 12.9. The van der Waals surface area contributed by atoms with Gasteiger partial charge in [-0.3, -0.25) is 4.79 Å². The number of rotatable bonds is 3. The molecule has 102 valence electrons. The summed E-state index contributed by atoms with van der Waals surface area (Å²) in [7, 11) is 0. The summed E-state index contributed by atoms with van der Waals surface area (Å²) in [6.45, 7) is 2.29. The molecule has 0 unspecified atom stereocenters. The van der Waals surface area contributed by atoms with Gasteiger partial charge in [-0.05, 0) is 35.6 Å². The Balaban J connectivity index is 2.01. The van der Waals surface area contributed by atoms with Crippen molar-refractivity contribution in [2.45, 2.75) is 25.7 Å². The molecule has 0 spiro atoms. The first-order chi connectivity index (χ1) is 9.79. The molecular formula is C18H18O2. The third-order valence-electron chi connectivity index (χ3n) is 3.92. The lowest BCUT2D eigenvalue weighted by Crippen LogP contribution is -2.18. The lowest BCUT2D eigenvalue weighted by Gasteiger charge is -2.27. The summed E-state index contributed by atoms with van der Waals surface area (Å²) in [5.41, 5.74) is 5.17. The van der Waals surface area contributed by atoms with Gasteiger partial charge >= 0.3 is 5.97 Å². The second-order valence-electron chi connectivity index (χ2n) is 5.14. The van der Waals surface area contributed by atoms with Gasteiger partial charge in [0.25, 0.3) is 0 Å². The summed E-state index contributed by atoms with van der Waals surface area (Å²) in [6.07, 6.45) is 1.37. The third kappa shape index (κ3) is 2.34. The summed E-state index contributed by atoms with van der Waals surface area (Å²) in [5.74, 6) is -0.000735. The quantitative estimate of drug-likeness (QED) is 0.792. The van der Waals surface area contributed by atoms with Crippen LogP contribution in [-0.4, -0.2) is 12.6 Å². The first-order valence-electron chi connectivity index (χ1n) is 7.10. The van der Waals surface area contributed by atoms with Crippen molar-refractivity contribution >= 4 is 5.97 Å². The van der Waals surface area contributed by atoms with Crippen LogP contribution >= 0.6 is 0 Å². The summed E-state index contributed by atoms with van der Waals surface area (Å²) < 4.78 is 5.14. The zero-order valence-corrected chi connectivity index (χ0v) is 11.6. The van der Waals surface area contributed by atoms with Crippen molar-refractivity contribution in [2.24, 2.45) is 0 Å². The van der Waals surface area contributed by atoms with Gasteiger partial charge < -0.3 is 4.74 Å². The third-order valence-corrected chi connectivity index (χ3v) is 3.92. The van der Waals surface area contributed by atoms with Gasteiger partial charge in [-0.2, -0.15) is 0 Å². The summed E-state index contributed by atoms with van der Waals surface area (Å²) >= 11 is 0. The molecule has 0 aliphatic heterocycles. The highest BCUT2D eigenvalue weighted by Gasteiger charge is 2.27. The molecule has 1 aliphatic carbocycles. The van der Waals surface area contributed by atoms with Crippen molar-refractivity contribution in [1.82, 2.24) is 0 Å². The van der Waals surface area contributed by atoms with E-state index >= 15 is 0 Å². The van der Waals surface area contributed by atoms with Crippen LogP contribution in [0.4, 0.5) is 0 Å². The van der Waals surface area contributed by atoms with Gasteiger partial charge in [-0.1, -0.05) is 48.5 Å². The van der Waals surface area contributed by atoms with Crippen molar-refractivity contribution in [3.8, 4) is 0 Å². The predicted octanol–water partition coefficient (Wildman–Crippen LogP) is 3.68. The SMILES string of the molecule is CCOC(=O)CC1c2ccccc2Cc2ccccc21. The molecule has 0 saturated carbocycles. The maximum atomic E-state index is 11.9. The van der Waals surface area contributed by atoms with E-state index in [4.69, 9.17) is 4.74 Å². The lowest BCUT2D eigenvalue weighted by atomic mass is 9.77. The Morgan fingerprint density at radius 1 is 1.05 bits per heavy atom. The minimum atomic E-state index is -0.121. The molecule has 2 heteroatoms. The standard InChI is InChI=1S/C18H18O2/c1-2-20-18(19)12-17-15-9-5-3-7-13(15)11-14-8-4-6-10-16(14)17/h3-10,17H,2,11-12H2,1H3. The van der Waals surface area contributed by atoms with Crippen molar-refractivity contribution < 1.29 is 9.53 Å². The highest BCUT2D eigenvalue weighted by molar-refractivity contribution is 5.72. The van der Waals surface area contributed by atoms with Crippen molar-refractivity contribution in [3.63, 3.8) is 0 Å². The van der Waals surface area contributed by atoms with E-state index in [-0.39, 0.29) is 11.9 Å². The Labute approximate surface area is 119 Å². The number of ether oxygens (including phenoxy) is 1. The molecule has 20 heavy (non-hydrogen) atoms. The van der Waals surface area contributed by atoms with Gasteiger partial charge in [0, 0.05) is 5.92 Å². The van der Waals surface area contributed by atoms with Crippen LogP contribution in [0.25, 0.3) is 0 Å². The number of fused-ring (bicyclic) bond motifs is 2. The molecule has 1 aliphatic rings. The number of carbonyl (C=O) groups is 1. The molecule has 2 aromatic carbocycles. The normalized spacial score (nSPS) is 13.4. The van der Waals surface area contributed by atoms with Crippen LogP contribution in [0, 0.1) is 0 Å². The van der Waals surface area contributed by atoms with Crippen molar-refractivity contribution in [2.75, 3.05) is 6.61 Å². The molecule has 0 N–H and O–H groups in total. The second-order valence-corrected chi connectivity index (χ2v) is 5.14. The summed E-state index contributed by atoms with van der Waals surface area (Å²) in [4.78, 5) is 11.9. The second kappa shape index (κ2) is 5.49. The molecule has 0 bridgehead atoms. The Hall–Kier alpha value is -2.09. The molecule has 2 nitrogen and oxygen atoms in total. The first-order valence-corrected chi connectivity index (χ1v) is 7.10. The van der Waals surface area contributed by atoms with Gasteiger partial charge in [0.15, 0.2) is 0 Å². The van der Waals surface area contributed by atoms with Gasteiger partial charge in [0.1, 0.15) is 0 Å². The minimum Gasteiger partial charge on any atom is -0.466 e. The fourth-order valence-electron chi connectivity index (χ4n) is 3.05. The van der Waals surface area contributed by atoms with Gasteiger partial charge in [-0.15, -0.1) is 0 Å². The summed E-state index contributed by atoms with van der Waals surface area (Å²) in [5, 5.41) is 0. The van der Waals surface area contributed by atoms with Crippen LogP contribution in [0.2, 0.25) is 0 Å². The largest absolute Gasteiger partial charge is 0.466 e. The van der Waals surface area contributed by atoms with Crippen molar-refractivity contribution in [1.29, 1.82) is 0 Å². The zero-order chi connectivity index (χ0) is 13.9. The van der Waals surface area contributed by atoms with Crippen LogP contribution in [0.1, 0.15) is 41.5 Å². The molecular weight excluding hydrogens is 248 g/mol. The number of benzene rings is 2. The lowest BCUT2D eigenvalue weighted by molar-refractivity contribution is -0.143. The van der Waals surface area contributed by atoms with Crippen LogP contribution in [0.5, 0.6) is 0 Å². The topological polar surface area (TPSA) is 26.3 Å². The average molecular weight is 266 g/mol. The molecule has 0 radical (unpaired) electrons. The highest BCUT2D eigenvalue weighted by atomic mass is 16.5. The molecule has 0 amide bonds. The summed E-state index contributed by atoms with van der Waals surface area (Å²) in [6, 6.07) is 16.8. The van der Waals surface area contributed by atoms with Gasteiger partial charge in [0.05, 0.1) is 13.0 Å². The van der Waals surface area contributed by atoms with E-state index < -0.39 is 0 Å². The number of hydrogen-bond donors (Lipinski definition) is 0. The van der Waals surface area contributed by atoms with Crippen LogP contribution in [0.3, 0.4) is 0 Å². The Morgan fingerprint density at radius 3 is 2.15 bits per heavy atom. The smallest absolute Gasteiger partial charge is 0.306 e. The fraction of sp³-hybridized carbons (Fsp3) is 0.278. The molecule has 0 saturated heterocycles. The highest BCUT2D eigenvalue weighted by Crippen LogP contribution is 2.38. The minimum absolute atomic E-state index is 0.121. The maximum absolute atomic E-state index is 11.9. The van der Waals surface area contributed by atoms with Crippen LogP contribution < -0.4 is 0 Å². The Bertz CT molecular complexity index is 585. The van der Waals surface area contributed by atoms with E-state index in [2.05, 4.69) is 36.4 Å². The molecule has 0 aromatic heterocycles. The monoisotopic (exact) mass is 266 g/mol. The maximum Gasteiger partial charge on any atom is 0.306 e. The fourth-order valence-corrected chi connectivity index (χ4v) is 3.05. The number of esters is 1. The van der Waals surface area contributed by atoms with Gasteiger partial charge in [0.2, 0.25) is 0 Å². The van der Waals surface area contributed by atoms with Gasteiger partial charge in [-0.25, -0.2) is 0 Å².